The summed E-state index contributed by atoms with van der Waals surface area (Å²) in [6, 6.07) is 4.16. The Kier molecular flexibility index (Phi) is 4.24. The second-order valence-corrected chi connectivity index (χ2v) is 4.58. The molecular weight excluding hydrogens is 226 g/mol. The van der Waals surface area contributed by atoms with Gasteiger partial charge in [-0.05, 0) is 37.5 Å². The predicted molar refractivity (Wildman–Crippen MR) is 74.2 cm³/mol. The van der Waals surface area contributed by atoms with E-state index < -0.39 is 0 Å². The molecule has 0 amide bonds. The largest absolute Gasteiger partial charge is 0.493 e. The summed E-state index contributed by atoms with van der Waals surface area (Å²) in [5, 5.41) is 0. The summed E-state index contributed by atoms with van der Waals surface area (Å²) >= 11 is 0. The highest BCUT2D eigenvalue weighted by Gasteiger charge is 2.16. The molecule has 1 heterocycles. The molecule has 1 aromatic rings. The van der Waals surface area contributed by atoms with Crippen molar-refractivity contribution in [2.24, 2.45) is 4.99 Å². The molecule has 0 fully saturated rings. The lowest BCUT2D eigenvalue weighted by Gasteiger charge is -2.18. The van der Waals surface area contributed by atoms with Crippen molar-refractivity contribution in [2.45, 2.75) is 33.1 Å². The summed E-state index contributed by atoms with van der Waals surface area (Å²) in [7, 11) is 1.69. The van der Waals surface area contributed by atoms with Crippen LogP contribution in [0.1, 0.15) is 37.8 Å². The topological polar surface area (TPSA) is 30.8 Å². The van der Waals surface area contributed by atoms with Gasteiger partial charge in [-0.15, -0.1) is 0 Å². The van der Waals surface area contributed by atoms with Crippen molar-refractivity contribution in [2.75, 3.05) is 20.3 Å². The number of aliphatic imine (C=N–C) groups is 1. The molecule has 3 nitrogen and oxygen atoms in total. The first kappa shape index (κ1) is 12.9. The number of benzene rings is 1. The van der Waals surface area contributed by atoms with Crippen molar-refractivity contribution in [3.05, 3.63) is 23.3 Å². The zero-order valence-electron chi connectivity index (χ0n) is 11.5. The Morgan fingerprint density at radius 3 is 2.83 bits per heavy atom. The van der Waals surface area contributed by atoms with Crippen LogP contribution >= 0.6 is 0 Å². The fourth-order valence-corrected chi connectivity index (χ4v) is 2.17. The van der Waals surface area contributed by atoms with Crippen molar-refractivity contribution in [1.82, 2.24) is 0 Å². The number of hydrogen-bond acceptors (Lipinski definition) is 3. The Hall–Kier alpha value is -1.51. The molecule has 0 unspecified atom stereocenters. The number of fused-ring (bicyclic) bond motifs is 1. The van der Waals surface area contributed by atoms with Crippen LogP contribution in [-0.2, 0) is 6.42 Å². The number of ether oxygens (including phenoxy) is 2. The number of hydrogen-bond donors (Lipinski definition) is 0. The third-order valence-corrected chi connectivity index (χ3v) is 3.26. The first-order valence-corrected chi connectivity index (χ1v) is 6.61. The molecule has 0 radical (unpaired) electrons. The number of rotatable bonds is 5. The molecule has 1 aliphatic rings. The van der Waals surface area contributed by atoms with E-state index in [-0.39, 0.29) is 0 Å². The molecular formula is C15H21NO2. The van der Waals surface area contributed by atoms with E-state index in [1.165, 1.54) is 11.1 Å². The van der Waals surface area contributed by atoms with E-state index in [0.717, 1.165) is 49.6 Å². The Labute approximate surface area is 109 Å². The monoisotopic (exact) mass is 247 g/mol. The van der Waals surface area contributed by atoms with Crippen LogP contribution in [0.15, 0.2) is 17.1 Å². The van der Waals surface area contributed by atoms with Gasteiger partial charge in [-0.2, -0.15) is 0 Å². The Morgan fingerprint density at radius 2 is 2.11 bits per heavy atom. The van der Waals surface area contributed by atoms with Gasteiger partial charge in [0.25, 0.3) is 0 Å². The van der Waals surface area contributed by atoms with Crippen molar-refractivity contribution in [1.29, 1.82) is 0 Å². The van der Waals surface area contributed by atoms with E-state index in [1.54, 1.807) is 7.11 Å². The molecule has 1 aliphatic heterocycles. The molecule has 18 heavy (non-hydrogen) atoms. The molecule has 3 heteroatoms. The van der Waals surface area contributed by atoms with Crippen molar-refractivity contribution in [3.63, 3.8) is 0 Å². The minimum atomic E-state index is 0.738. The van der Waals surface area contributed by atoms with Crippen LogP contribution in [-0.4, -0.2) is 26.0 Å². The van der Waals surface area contributed by atoms with Crippen LogP contribution in [0.2, 0.25) is 0 Å². The van der Waals surface area contributed by atoms with Gasteiger partial charge in [0, 0.05) is 17.8 Å². The molecule has 0 atom stereocenters. The van der Waals surface area contributed by atoms with Crippen molar-refractivity contribution in [3.8, 4) is 11.5 Å². The van der Waals surface area contributed by atoms with Crippen LogP contribution in [0.25, 0.3) is 0 Å². The van der Waals surface area contributed by atoms with Gasteiger partial charge in [-0.25, -0.2) is 0 Å². The highest BCUT2D eigenvalue weighted by molar-refractivity contribution is 6.01. The Morgan fingerprint density at radius 1 is 1.28 bits per heavy atom. The standard InChI is InChI=1S/C15H21NO2/c1-4-5-8-18-15-10-13-11(2)16-7-6-12(13)9-14(15)17-3/h9-10H,4-8H2,1-3H3. The second kappa shape index (κ2) is 5.89. The van der Waals surface area contributed by atoms with Gasteiger partial charge >= 0.3 is 0 Å². The lowest BCUT2D eigenvalue weighted by molar-refractivity contribution is 0.288. The number of methoxy groups -OCH3 is 1. The van der Waals surface area contributed by atoms with E-state index in [2.05, 4.69) is 31.0 Å². The van der Waals surface area contributed by atoms with Gasteiger partial charge in [0.2, 0.25) is 0 Å². The molecule has 1 aromatic carbocycles. The lowest BCUT2D eigenvalue weighted by atomic mass is 9.97. The Balaban J connectivity index is 2.28. The van der Waals surface area contributed by atoms with Crippen molar-refractivity contribution >= 4 is 5.71 Å². The molecule has 0 bridgehead atoms. The molecule has 2 rings (SSSR count). The van der Waals surface area contributed by atoms with Crippen LogP contribution in [0.3, 0.4) is 0 Å². The van der Waals surface area contributed by atoms with Crippen molar-refractivity contribution < 1.29 is 9.47 Å². The van der Waals surface area contributed by atoms with Gasteiger partial charge < -0.3 is 9.47 Å². The van der Waals surface area contributed by atoms with E-state index in [4.69, 9.17) is 9.47 Å². The number of nitrogens with zero attached hydrogens (tertiary/aromatic N) is 1. The summed E-state index contributed by atoms with van der Waals surface area (Å²) in [6.45, 7) is 5.82. The van der Waals surface area contributed by atoms with E-state index >= 15 is 0 Å². The highest BCUT2D eigenvalue weighted by atomic mass is 16.5. The quantitative estimate of drug-likeness (QED) is 0.748. The molecule has 0 saturated heterocycles. The van der Waals surface area contributed by atoms with Gasteiger partial charge in [0.15, 0.2) is 11.5 Å². The molecule has 0 aromatic heterocycles. The van der Waals surface area contributed by atoms with E-state index in [1.807, 2.05) is 0 Å². The first-order chi connectivity index (χ1) is 8.76. The van der Waals surface area contributed by atoms with E-state index in [9.17, 15) is 0 Å². The SMILES string of the molecule is CCCCOc1cc2c(cc1OC)CCN=C2C. The van der Waals surface area contributed by atoms with Gasteiger partial charge in [0.05, 0.1) is 13.7 Å². The Bertz CT molecular complexity index is 452. The minimum Gasteiger partial charge on any atom is -0.493 e. The third kappa shape index (κ3) is 2.66. The summed E-state index contributed by atoms with van der Waals surface area (Å²) in [5.41, 5.74) is 3.61. The zero-order valence-corrected chi connectivity index (χ0v) is 11.5. The average molecular weight is 247 g/mol. The molecule has 0 saturated carbocycles. The van der Waals surface area contributed by atoms with Gasteiger partial charge in [-0.3, -0.25) is 4.99 Å². The normalized spacial score (nSPS) is 13.8. The van der Waals surface area contributed by atoms with Gasteiger partial charge in [-0.1, -0.05) is 13.3 Å². The zero-order chi connectivity index (χ0) is 13.0. The predicted octanol–water partition coefficient (Wildman–Crippen LogP) is 3.24. The summed E-state index contributed by atoms with van der Waals surface area (Å²) in [6.07, 6.45) is 3.18. The highest BCUT2D eigenvalue weighted by Crippen LogP contribution is 2.32. The van der Waals surface area contributed by atoms with Crippen LogP contribution in [0.4, 0.5) is 0 Å². The third-order valence-electron chi connectivity index (χ3n) is 3.26. The fraction of sp³-hybridized carbons (Fsp3) is 0.533. The second-order valence-electron chi connectivity index (χ2n) is 4.58. The van der Waals surface area contributed by atoms with Gasteiger partial charge in [0.1, 0.15) is 0 Å². The maximum absolute atomic E-state index is 5.80. The van der Waals surface area contributed by atoms with Crippen LogP contribution < -0.4 is 9.47 Å². The summed E-state index contributed by atoms with van der Waals surface area (Å²) in [4.78, 5) is 4.48. The van der Waals surface area contributed by atoms with E-state index in [0.29, 0.717) is 0 Å². The minimum absolute atomic E-state index is 0.738. The maximum atomic E-state index is 5.80. The molecule has 0 aliphatic carbocycles. The molecule has 0 spiro atoms. The maximum Gasteiger partial charge on any atom is 0.161 e. The summed E-state index contributed by atoms with van der Waals surface area (Å²) < 4.78 is 11.2. The lowest BCUT2D eigenvalue weighted by Crippen LogP contribution is -2.11. The average Bonchev–Trinajstić information content (AvgIpc) is 2.39. The fourth-order valence-electron chi connectivity index (χ4n) is 2.17. The molecule has 98 valence electrons. The smallest absolute Gasteiger partial charge is 0.161 e. The number of unbranched alkanes of at least 4 members (excludes halogenated alkanes) is 1. The summed E-state index contributed by atoms with van der Waals surface area (Å²) in [5.74, 6) is 1.67. The molecule has 0 N–H and O–H groups in total. The first-order valence-electron chi connectivity index (χ1n) is 6.61. The van der Waals surface area contributed by atoms with Crippen LogP contribution in [0, 0.1) is 0 Å². The van der Waals surface area contributed by atoms with Crippen LogP contribution in [0.5, 0.6) is 11.5 Å².